The summed E-state index contributed by atoms with van der Waals surface area (Å²) in [5.41, 5.74) is 0.552. The lowest BCUT2D eigenvalue weighted by molar-refractivity contribution is -0.137. The molecule has 0 spiro atoms. The average Bonchev–Trinajstić information content (AvgIpc) is 2.82. The molecule has 1 atom stereocenters. The molecule has 0 radical (unpaired) electrons. The molecule has 1 aromatic carbocycles. The van der Waals surface area contributed by atoms with E-state index in [1.807, 2.05) is 4.90 Å². The molecule has 24 heavy (non-hydrogen) atoms. The standard InChI is InChI=1S/C17H26N2O4S/c1-14(17(20)19-12-6-4-5-7-13-19)23-16-10-8-15(9-11-16)18(2)24(3,21)22/h8-11,14H,4-7,12-13H2,1-3H3. The van der Waals surface area contributed by atoms with Gasteiger partial charge in [0.1, 0.15) is 5.75 Å². The molecule has 1 fully saturated rings. The van der Waals surface area contributed by atoms with E-state index in [9.17, 15) is 13.2 Å². The maximum Gasteiger partial charge on any atom is 0.263 e. The van der Waals surface area contributed by atoms with Gasteiger partial charge in [-0.25, -0.2) is 8.42 Å². The number of carbonyl (C=O) groups is 1. The van der Waals surface area contributed by atoms with Gasteiger partial charge in [0.15, 0.2) is 6.10 Å². The van der Waals surface area contributed by atoms with Crippen molar-refractivity contribution in [2.45, 2.75) is 38.7 Å². The van der Waals surface area contributed by atoms with Crippen molar-refractivity contribution in [3.8, 4) is 5.75 Å². The molecule has 6 nitrogen and oxygen atoms in total. The van der Waals surface area contributed by atoms with Crippen LogP contribution in [0.25, 0.3) is 0 Å². The van der Waals surface area contributed by atoms with E-state index in [1.165, 1.54) is 24.2 Å². The minimum absolute atomic E-state index is 0.00855. The summed E-state index contributed by atoms with van der Waals surface area (Å²) in [5.74, 6) is 0.561. The molecule has 1 heterocycles. The molecule has 1 unspecified atom stereocenters. The minimum Gasteiger partial charge on any atom is -0.481 e. The van der Waals surface area contributed by atoms with Crippen LogP contribution in [0.3, 0.4) is 0 Å². The third kappa shape index (κ3) is 4.87. The van der Waals surface area contributed by atoms with E-state index in [-0.39, 0.29) is 5.91 Å². The van der Waals surface area contributed by atoms with Crippen molar-refractivity contribution in [1.82, 2.24) is 4.90 Å². The molecule has 0 aromatic heterocycles. The van der Waals surface area contributed by atoms with E-state index in [0.29, 0.717) is 11.4 Å². The second-order valence-electron chi connectivity index (χ2n) is 6.22. The first-order valence-electron chi connectivity index (χ1n) is 8.28. The SMILES string of the molecule is CC(Oc1ccc(N(C)S(C)(=O)=O)cc1)C(=O)N1CCCCCC1. The number of amides is 1. The molecule has 2 rings (SSSR count). The zero-order valence-electron chi connectivity index (χ0n) is 14.6. The molecule has 134 valence electrons. The van der Waals surface area contributed by atoms with Gasteiger partial charge in [-0.1, -0.05) is 12.8 Å². The molecule has 0 N–H and O–H groups in total. The van der Waals surface area contributed by atoms with Crippen LogP contribution in [-0.2, 0) is 14.8 Å². The highest BCUT2D eigenvalue weighted by molar-refractivity contribution is 7.92. The summed E-state index contributed by atoms with van der Waals surface area (Å²) < 4.78 is 30.0. The molecule has 1 aromatic rings. The maximum atomic E-state index is 12.5. The van der Waals surface area contributed by atoms with Crippen molar-refractivity contribution in [2.75, 3.05) is 30.7 Å². The fourth-order valence-electron chi connectivity index (χ4n) is 2.73. The summed E-state index contributed by atoms with van der Waals surface area (Å²) in [4.78, 5) is 14.4. The highest BCUT2D eigenvalue weighted by Gasteiger charge is 2.23. The Morgan fingerprint density at radius 3 is 2.17 bits per heavy atom. The van der Waals surface area contributed by atoms with Crippen molar-refractivity contribution in [3.63, 3.8) is 0 Å². The van der Waals surface area contributed by atoms with Gasteiger partial charge < -0.3 is 9.64 Å². The fraction of sp³-hybridized carbons (Fsp3) is 0.588. The fourth-order valence-corrected chi connectivity index (χ4v) is 3.23. The van der Waals surface area contributed by atoms with Gasteiger partial charge in [0.05, 0.1) is 11.9 Å². The Hall–Kier alpha value is -1.76. The average molecular weight is 354 g/mol. The van der Waals surface area contributed by atoms with Crippen molar-refractivity contribution in [1.29, 1.82) is 0 Å². The summed E-state index contributed by atoms with van der Waals surface area (Å²) in [5, 5.41) is 0. The van der Waals surface area contributed by atoms with Crippen LogP contribution in [0, 0.1) is 0 Å². The van der Waals surface area contributed by atoms with Gasteiger partial charge >= 0.3 is 0 Å². The van der Waals surface area contributed by atoms with Crippen LogP contribution in [0.5, 0.6) is 5.75 Å². The molecule has 0 bridgehead atoms. The maximum absolute atomic E-state index is 12.5. The largest absolute Gasteiger partial charge is 0.481 e. The van der Waals surface area contributed by atoms with Crippen LogP contribution in [-0.4, -0.2) is 51.7 Å². The van der Waals surface area contributed by atoms with Crippen molar-refractivity contribution in [3.05, 3.63) is 24.3 Å². The number of likely N-dealkylation sites (tertiary alicyclic amines) is 1. The number of ether oxygens (including phenoxy) is 1. The lowest BCUT2D eigenvalue weighted by Gasteiger charge is -2.24. The van der Waals surface area contributed by atoms with Crippen LogP contribution in [0.4, 0.5) is 5.69 Å². The van der Waals surface area contributed by atoms with E-state index in [1.54, 1.807) is 31.2 Å². The third-order valence-corrected chi connectivity index (χ3v) is 5.48. The highest BCUT2D eigenvalue weighted by atomic mass is 32.2. The molecule has 1 aliphatic rings. The van der Waals surface area contributed by atoms with Crippen LogP contribution < -0.4 is 9.04 Å². The van der Waals surface area contributed by atoms with Gasteiger partial charge in [0, 0.05) is 20.1 Å². The Morgan fingerprint density at radius 1 is 1.12 bits per heavy atom. The van der Waals surface area contributed by atoms with Crippen LogP contribution in [0.1, 0.15) is 32.6 Å². The Kier molecular flexibility index (Phi) is 6.10. The predicted octanol–water partition coefficient (Wildman–Crippen LogP) is 2.25. The summed E-state index contributed by atoms with van der Waals surface area (Å²) in [7, 11) is -1.79. The molecule has 1 amide bonds. The lowest BCUT2D eigenvalue weighted by Crippen LogP contribution is -2.41. The normalized spacial score (nSPS) is 17.0. The Labute approximate surface area is 144 Å². The molecular formula is C17H26N2O4S. The minimum atomic E-state index is -3.29. The second-order valence-corrected chi connectivity index (χ2v) is 8.24. The first-order chi connectivity index (χ1) is 11.3. The van der Waals surface area contributed by atoms with Gasteiger partial charge in [-0.3, -0.25) is 9.10 Å². The highest BCUT2D eigenvalue weighted by Crippen LogP contribution is 2.21. The second kappa shape index (κ2) is 7.88. The number of hydrogen-bond donors (Lipinski definition) is 0. The predicted molar refractivity (Wildman–Crippen MR) is 94.8 cm³/mol. The number of anilines is 1. The van der Waals surface area contributed by atoms with Crippen molar-refractivity contribution < 1.29 is 17.9 Å². The van der Waals surface area contributed by atoms with Gasteiger partial charge in [-0.15, -0.1) is 0 Å². The Bertz CT molecular complexity index is 650. The first-order valence-corrected chi connectivity index (χ1v) is 10.1. The molecular weight excluding hydrogens is 328 g/mol. The summed E-state index contributed by atoms with van der Waals surface area (Å²) in [6.07, 6.45) is 5.04. The topological polar surface area (TPSA) is 66.9 Å². The lowest BCUT2D eigenvalue weighted by atomic mass is 10.2. The number of hydrogen-bond acceptors (Lipinski definition) is 4. The monoisotopic (exact) mass is 354 g/mol. The van der Waals surface area contributed by atoms with Gasteiger partial charge in [0.25, 0.3) is 5.91 Å². The van der Waals surface area contributed by atoms with E-state index < -0.39 is 16.1 Å². The summed E-state index contributed by atoms with van der Waals surface area (Å²) in [6, 6.07) is 6.70. The smallest absolute Gasteiger partial charge is 0.263 e. The van der Waals surface area contributed by atoms with Gasteiger partial charge in [-0.2, -0.15) is 0 Å². The zero-order chi connectivity index (χ0) is 17.7. The molecule has 7 heteroatoms. The van der Waals surface area contributed by atoms with E-state index in [2.05, 4.69) is 0 Å². The number of rotatable bonds is 5. The third-order valence-electron chi connectivity index (χ3n) is 4.28. The first kappa shape index (κ1) is 18.6. The number of carbonyl (C=O) groups excluding carboxylic acids is 1. The quantitative estimate of drug-likeness (QED) is 0.813. The summed E-state index contributed by atoms with van der Waals surface area (Å²) in [6.45, 7) is 3.35. The Balaban J connectivity index is 1.98. The van der Waals surface area contributed by atoms with Crippen molar-refractivity contribution >= 4 is 21.6 Å². The molecule has 1 aliphatic heterocycles. The van der Waals surface area contributed by atoms with Gasteiger partial charge in [0.2, 0.25) is 10.0 Å². The van der Waals surface area contributed by atoms with Crippen LogP contribution in [0.2, 0.25) is 0 Å². The number of benzene rings is 1. The molecule has 0 saturated carbocycles. The number of nitrogens with zero attached hydrogens (tertiary/aromatic N) is 2. The van der Waals surface area contributed by atoms with Crippen LogP contribution in [0.15, 0.2) is 24.3 Å². The van der Waals surface area contributed by atoms with E-state index in [0.717, 1.165) is 32.2 Å². The van der Waals surface area contributed by atoms with Crippen molar-refractivity contribution in [2.24, 2.45) is 0 Å². The molecule has 0 aliphatic carbocycles. The van der Waals surface area contributed by atoms with E-state index in [4.69, 9.17) is 4.74 Å². The zero-order valence-corrected chi connectivity index (χ0v) is 15.4. The molecule has 1 saturated heterocycles. The van der Waals surface area contributed by atoms with E-state index >= 15 is 0 Å². The summed E-state index contributed by atoms with van der Waals surface area (Å²) >= 11 is 0. The van der Waals surface area contributed by atoms with Crippen LogP contribution >= 0.6 is 0 Å². The number of sulfonamides is 1. The Morgan fingerprint density at radius 2 is 1.67 bits per heavy atom. The van der Waals surface area contributed by atoms with Gasteiger partial charge in [-0.05, 0) is 44.0 Å².